The molecule has 5 nitrogen and oxygen atoms in total. The molecule has 0 amide bonds. The minimum atomic E-state index is -0.202. The summed E-state index contributed by atoms with van der Waals surface area (Å²) in [6.45, 7) is 3.81. The molecule has 0 spiro atoms. The largest absolute Gasteiger partial charge is 0.459 e. The van der Waals surface area contributed by atoms with Gasteiger partial charge in [-0.25, -0.2) is 4.98 Å². The minimum absolute atomic E-state index is 0.160. The first-order valence-corrected chi connectivity index (χ1v) is 7.51. The number of aliphatic hydroxyl groups excluding tert-OH is 1. The fourth-order valence-electron chi connectivity index (χ4n) is 2.63. The van der Waals surface area contributed by atoms with Gasteiger partial charge in [0.05, 0.1) is 5.69 Å². The van der Waals surface area contributed by atoms with Crippen LogP contribution in [0.2, 0.25) is 0 Å². The maximum atomic E-state index is 9.42. The molecule has 2 heterocycles. The number of aliphatic hydroxyl groups is 1. The molecule has 0 atom stereocenters. The van der Waals surface area contributed by atoms with Crippen molar-refractivity contribution in [1.82, 2.24) is 4.98 Å². The van der Waals surface area contributed by atoms with Gasteiger partial charge in [-0.1, -0.05) is 17.7 Å². The van der Waals surface area contributed by atoms with Crippen molar-refractivity contribution in [2.75, 3.05) is 5.73 Å². The van der Waals surface area contributed by atoms with Crippen LogP contribution < -0.4 is 5.73 Å². The highest BCUT2D eigenvalue weighted by atomic mass is 16.4. The third-order valence-electron chi connectivity index (χ3n) is 3.91. The van der Waals surface area contributed by atoms with Crippen molar-refractivity contribution in [3.8, 4) is 28.7 Å². The number of anilines is 1. The quantitative estimate of drug-likeness (QED) is 0.769. The fraction of sp³-hybridized carbons (Fsp3) is 0.158. The molecule has 0 bridgehead atoms. The van der Waals surface area contributed by atoms with Crippen molar-refractivity contribution in [3.05, 3.63) is 58.8 Å². The van der Waals surface area contributed by atoms with Gasteiger partial charge in [-0.3, -0.25) is 0 Å². The molecular formula is C19H17N3O2. The lowest BCUT2D eigenvalue weighted by molar-refractivity contribution is 0.248. The monoisotopic (exact) mass is 319 g/mol. The first-order valence-electron chi connectivity index (χ1n) is 7.51. The van der Waals surface area contributed by atoms with Crippen LogP contribution in [0.1, 0.15) is 22.5 Å². The Morgan fingerprint density at radius 2 is 1.96 bits per heavy atom. The highest BCUT2D eigenvalue weighted by molar-refractivity contribution is 5.79. The Balaban J connectivity index is 2.24. The smallest absolute Gasteiger partial charge is 0.142 e. The molecule has 5 heteroatoms. The second kappa shape index (κ2) is 6.19. The first kappa shape index (κ1) is 15.8. The van der Waals surface area contributed by atoms with E-state index in [2.05, 4.69) is 11.1 Å². The van der Waals surface area contributed by atoms with Gasteiger partial charge < -0.3 is 15.3 Å². The van der Waals surface area contributed by atoms with E-state index in [0.717, 1.165) is 16.7 Å². The van der Waals surface area contributed by atoms with E-state index in [9.17, 15) is 10.4 Å². The zero-order valence-electron chi connectivity index (χ0n) is 13.5. The molecule has 3 rings (SSSR count). The molecule has 0 saturated carbocycles. The summed E-state index contributed by atoms with van der Waals surface area (Å²) in [5, 5.41) is 18.6. The van der Waals surface area contributed by atoms with E-state index < -0.39 is 0 Å². The van der Waals surface area contributed by atoms with Gasteiger partial charge in [0.1, 0.15) is 35.6 Å². The van der Waals surface area contributed by atoms with Gasteiger partial charge >= 0.3 is 0 Å². The third kappa shape index (κ3) is 2.75. The number of nitriles is 1. The normalized spacial score (nSPS) is 10.6. The van der Waals surface area contributed by atoms with Crippen molar-refractivity contribution in [3.63, 3.8) is 0 Å². The summed E-state index contributed by atoms with van der Waals surface area (Å²) >= 11 is 0. The fourth-order valence-corrected chi connectivity index (χ4v) is 2.63. The number of aromatic nitrogens is 1. The van der Waals surface area contributed by atoms with E-state index in [1.165, 1.54) is 0 Å². The first-order chi connectivity index (χ1) is 11.5. The number of rotatable bonds is 3. The van der Waals surface area contributed by atoms with Crippen LogP contribution in [0.3, 0.4) is 0 Å². The van der Waals surface area contributed by atoms with Gasteiger partial charge in [0, 0.05) is 11.1 Å². The van der Waals surface area contributed by atoms with Gasteiger partial charge in [-0.05, 0) is 43.7 Å². The van der Waals surface area contributed by atoms with Gasteiger partial charge in [0.15, 0.2) is 0 Å². The summed E-state index contributed by atoms with van der Waals surface area (Å²) in [7, 11) is 0. The zero-order valence-corrected chi connectivity index (χ0v) is 13.5. The molecule has 0 saturated heterocycles. The van der Waals surface area contributed by atoms with Crippen LogP contribution in [0, 0.1) is 25.2 Å². The third-order valence-corrected chi connectivity index (χ3v) is 3.91. The summed E-state index contributed by atoms with van der Waals surface area (Å²) in [6.07, 6.45) is 0. The predicted molar refractivity (Wildman–Crippen MR) is 91.9 cm³/mol. The zero-order chi connectivity index (χ0) is 17.3. The maximum Gasteiger partial charge on any atom is 0.142 e. The lowest BCUT2D eigenvalue weighted by atomic mass is 9.99. The number of hydrogen-bond acceptors (Lipinski definition) is 5. The van der Waals surface area contributed by atoms with Crippen LogP contribution in [0.25, 0.3) is 22.6 Å². The molecule has 1 aromatic carbocycles. The van der Waals surface area contributed by atoms with Crippen molar-refractivity contribution in [1.29, 1.82) is 5.26 Å². The molecule has 3 aromatic rings. The van der Waals surface area contributed by atoms with Crippen molar-refractivity contribution < 1.29 is 9.52 Å². The number of nitrogen functional groups attached to an aromatic ring is 1. The molecule has 120 valence electrons. The molecule has 0 fully saturated rings. The molecule has 0 unspecified atom stereocenters. The van der Waals surface area contributed by atoms with Gasteiger partial charge in [-0.2, -0.15) is 5.26 Å². The molecule has 24 heavy (non-hydrogen) atoms. The van der Waals surface area contributed by atoms with Gasteiger partial charge in [-0.15, -0.1) is 0 Å². The Bertz CT molecular complexity index is 952. The molecular weight excluding hydrogens is 302 g/mol. The molecule has 0 radical (unpaired) electrons. The van der Waals surface area contributed by atoms with Gasteiger partial charge in [0.2, 0.25) is 0 Å². The minimum Gasteiger partial charge on any atom is -0.459 e. The van der Waals surface area contributed by atoms with E-state index in [1.807, 2.05) is 32.0 Å². The number of nitrogens with two attached hydrogens (primary N) is 1. The number of pyridine rings is 1. The number of benzene rings is 1. The predicted octanol–water partition coefficient (Wildman–Crippen LogP) is 3.57. The second-order valence-corrected chi connectivity index (χ2v) is 5.67. The summed E-state index contributed by atoms with van der Waals surface area (Å²) in [6, 6.07) is 13.4. The number of aryl methyl sites for hydroxylation is 2. The van der Waals surface area contributed by atoms with Crippen LogP contribution in [0.15, 0.2) is 40.8 Å². The average molecular weight is 319 g/mol. The molecule has 0 aliphatic carbocycles. The Labute approximate surface area is 140 Å². The second-order valence-electron chi connectivity index (χ2n) is 5.67. The van der Waals surface area contributed by atoms with Crippen LogP contribution in [-0.2, 0) is 6.61 Å². The number of nitrogens with zero attached hydrogens (tertiary/aromatic N) is 2. The lowest BCUT2D eigenvalue weighted by Crippen LogP contribution is -2.00. The van der Waals surface area contributed by atoms with E-state index in [-0.39, 0.29) is 18.0 Å². The average Bonchev–Trinajstić information content (AvgIpc) is 3.05. The Hall–Kier alpha value is -3.10. The topological polar surface area (TPSA) is 96.1 Å². The molecule has 3 N–H and O–H groups in total. The standard InChI is InChI=1S/C19H17N3O2/c1-11-3-4-12(2)14(7-11)17-8-15(16(9-20)19(21)22-17)18-6-5-13(10-23)24-18/h3-8,23H,10H2,1-2H3,(H2,21,22). The van der Waals surface area contributed by atoms with Crippen molar-refractivity contribution in [2.24, 2.45) is 0 Å². The van der Waals surface area contributed by atoms with Crippen LogP contribution in [0.5, 0.6) is 0 Å². The van der Waals surface area contributed by atoms with E-state index >= 15 is 0 Å². The molecule has 0 aliphatic rings. The number of hydrogen-bond donors (Lipinski definition) is 2. The molecule has 2 aromatic heterocycles. The highest BCUT2D eigenvalue weighted by Crippen LogP contribution is 2.33. The van der Waals surface area contributed by atoms with E-state index in [0.29, 0.717) is 22.8 Å². The summed E-state index contributed by atoms with van der Waals surface area (Å²) in [5.74, 6) is 1.07. The Morgan fingerprint density at radius 1 is 1.17 bits per heavy atom. The van der Waals surface area contributed by atoms with Crippen LogP contribution >= 0.6 is 0 Å². The van der Waals surface area contributed by atoms with Crippen molar-refractivity contribution >= 4 is 5.82 Å². The summed E-state index contributed by atoms with van der Waals surface area (Å²) < 4.78 is 5.58. The molecule has 0 aliphatic heterocycles. The SMILES string of the molecule is Cc1ccc(C)c(-c2cc(-c3ccc(CO)o3)c(C#N)c(N)n2)c1. The van der Waals surface area contributed by atoms with E-state index in [4.69, 9.17) is 10.2 Å². The van der Waals surface area contributed by atoms with Crippen molar-refractivity contribution in [2.45, 2.75) is 20.5 Å². The lowest BCUT2D eigenvalue weighted by Gasteiger charge is -2.11. The summed E-state index contributed by atoms with van der Waals surface area (Å²) in [5.41, 5.74) is 10.7. The van der Waals surface area contributed by atoms with Gasteiger partial charge in [0.25, 0.3) is 0 Å². The van der Waals surface area contributed by atoms with Crippen LogP contribution in [0.4, 0.5) is 5.82 Å². The Kier molecular flexibility index (Phi) is 4.07. The van der Waals surface area contributed by atoms with E-state index in [1.54, 1.807) is 18.2 Å². The van der Waals surface area contributed by atoms with Crippen LogP contribution in [-0.4, -0.2) is 10.1 Å². The maximum absolute atomic E-state index is 9.42. The highest BCUT2D eigenvalue weighted by Gasteiger charge is 2.17. The Morgan fingerprint density at radius 3 is 2.62 bits per heavy atom. The number of furan rings is 1. The summed E-state index contributed by atoms with van der Waals surface area (Å²) in [4.78, 5) is 4.39.